The second-order valence-corrected chi connectivity index (χ2v) is 7.55. The number of nitrogens with one attached hydrogen (secondary N) is 1. The number of carbonyl (C=O) groups excluding carboxylic acids is 1. The molecule has 1 amide bonds. The highest BCUT2D eigenvalue weighted by Gasteiger charge is 2.29. The van der Waals surface area contributed by atoms with E-state index in [0.717, 1.165) is 24.3 Å². The van der Waals surface area contributed by atoms with Gasteiger partial charge in [-0.3, -0.25) is 14.9 Å². The fraction of sp³-hybridized carbons (Fsp3) is 0.188. The van der Waals surface area contributed by atoms with Crippen LogP contribution in [-0.4, -0.2) is 24.5 Å². The average Bonchev–Trinajstić information content (AvgIpc) is 2.59. The molecule has 0 aliphatic heterocycles. The molecule has 2 rings (SSSR count). The lowest BCUT2D eigenvalue weighted by Gasteiger charge is -2.13. The molecule has 1 atom stereocenters. The molecule has 0 radical (unpaired) electrons. The number of hydrogen-bond acceptors (Lipinski definition) is 5. The van der Waals surface area contributed by atoms with E-state index < -0.39 is 31.7 Å². The topological polar surface area (TPSA) is 106 Å². The molecule has 0 aromatic heterocycles. The van der Waals surface area contributed by atoms with Gasteiger partial charge in [-0.1, -0.05) is 12.1 Å². The third kappa shape index (κ3) is 4.38. The Labute approximate surface area is 143 Å². The molecule has 1 unspecified atom stereocenters. The third-order valence-electron chi connectivity index (χ3n) is 3.56. The number of hydrogen-bond donors (Lipinski definition) is 1. The second-order valence-electron chi connectivity index (χ2n) is 5.29. The van der Waals surface area contributed by atoms with Gasteiger partial charge in [0.1, 0.15) is 11.1 Å². The van der Waals surface area contributed by atoms with E-state index in [9.17, 15) is 27.7 Å². The quantitative estimate of drug-likeness (QED) is 0.479. The van der Waals surface area contributed by atoms with Crippen molar-refractivity contribution in [2.45, 2.75) is 23.6 Å². The lowest BCUT2D eigenvalue weighted by Crippen LogP contribution is -2.37. The third-order valence-corrected chi connectivity index (χ3v) is 5.64. The van der Waals surface area contributed by atoms with Gasteiger partial charge < -0.3 is 5.32 Å². The van der Waals surface area contributed by atoms with E-state index in [0.29, 0.717) is 5.56 Å². The van der Waals surface area contributed by atoms with Crippen LogP contribution in [0, 0.1) is 15.9 Å². The summed E-state index contributed by atoms with van der Waals surface area (Å²) in [5.41, 5.74) is 0.340. The molecule has 0 fully saturated rings. The van der Waals surface area contributed by atoms with Crippen molar-refractivity contribution in [3.63, 3.8) is 0 Å². The lowest BCUT2D eigenvalue weighted by atomic mass is 10.2. The molecule has 0 aliphatic rings. The minimum absolute atomic E-state index is 0.0518. The smallest absolute Gasteiger partial charge is 0.269 e. The van der Waals surface area contributed by atoms with Crippen molar-refractivity contribution < 1.29 is 22.5 Å². The molecule has 0 heterocycles. The maximum absolute atomic E-state index is 12.9. The van der Waals surface area contributed by atoms with E-state index in [1.54, 1.807) is 6.07 Å². The van der Waals surface area contributed by atoms with Crippen molar-refractivity contribution in [3.8, 4) is 0 Å². The van der Waals surface area contributed by atoms with E-state index >= 15 is 0 Å². The van der Waals surface area contributed by atoms with Gasteiger partial charge in [0.25, 0.3) is 5.69 Å². The van der Waals surface area contributed by atoms with Gasteiger partial charge in [-0.15, -0.1) is 0 Å². The van der Waals surface area contributed by atoms with Gasteiger partial charge in [0.15, 0.2) is 9.84 Å². The number of amides is 1. The molecule has 132 valence electrons. The van der Waals surface area contributed by atoms with Gasteiger partial charge in [0.2, 0.25) is 5.91 Å². The maximum Gasteiger partial charge on any atom is 0.269 e. The van der Waals surface area contributed by atoms with Crippen LogP contribution in [0.3, 0.4) is 0 Å². The number of halogens is 1. The van der Waals surface area contributed by atoms with Crippen LogP contribution in [0.2, 0.25) is 0 Å². The summed E-state index contributed by atoms with van der Waals surface area (Å²) in [6.07, 6.45) is 0. The zero-order chi connectivity index (χ0) is 18.6. The van der Waals surface area contributed by atoms with Gasteiger partial charge in [-0.05, 0) is 36.8 Å². The van der Waals surface area contributed by atoms with Crippen molar-refractivity contribution in [1.82, 2.24) is 5.32 Å². The molecule has 0 bridgehead atoms. The van der Waals surface area contributed by atoms with Crippen LogP contribution in [0.5, 0.6) is 0 Å². The summed E-state index contributed by atoms with van der Waals surface area (Å²) in [5.74, 6) is -1.34. The van der Waals surface area contributed by atoms with Crippen LogP contribution in [0.4, 0.5) is 10.1 Å². The molecule has 1 N–H and O–H groups in total. The largest absolute Gasteiger partial charge is 0.351 e. The first-order valence-electron chi connectivity index (χ1n) is 7.22. The fourth-order valence-corrected chi connectivity index (χ4v) is 3.37. The van der Waals surface area contributed by atoms with Gasteiger partial charge in [0.05, 0.1) is 9.82 Å². The molecule has 2 aromatic rings. The van der Waals surface area contributed by atoms with Gasteiger partial charge in [-0.2, -0.15) is 0 Å². The lowest BCUT2D eigenvalue weighted by molar-refractivity contribution is -0.384. The SMILES string of the molecule is CC(C(=O)NCc1cccc([N+](=O)[O-])c1)S(=O)(=O)c1ccc(F)cc1. The van der Waals surface area contributed by atoms with E-state index in [1.165, 1.54) is 25.1 Å². The van der Waals surface area contributed by atoms with E-state index in [-0.39, 0.29) is 17.1 Å². The molecule has 0 aliphatic carbocycles. The van der Waals surface area contributed by atoms with Crippen molar-refractivity contribution in [2.75, 3.05) is 0 Å². The molecular weight excluding hydrogens is 351 g/mol. The normalized spacial score (nSPS) is 12.4. The van der Waals surface area contributed by atoms with Crippen molar-refractivity contribution >= 4 is 21.4 Å². The van der Waals surface area contributed by atoms with Gasteiger partial charge >= 0.3 is 0 Å². The van der Waals surface area contributed by atoms with E-state index in [2.05, 4.69) is 5.32 Å². The van der Waals surface area contributed by atoms with Gasteiger partial charge in [-0.25, -0.2) is 12.8 Å². The van der Waals surface area contributed by atoms with Crippen LogP contribution in [0.25, 0.3) is 0 Å². The summed E-state index contributed by atoms with van der Waals surface area (Å²) < 4.78 is 37.6. The van der Waals surface area contributed by atoms with Gasteiger partial charge in [0, 0.05) is 18.7 Å². The van der Waals surface area contributed by atoms with E-state index in [4.69, 9.17) is 0 Å². The second kappa shape index (κ2) is 7.39. The Morgan fingerprint density at radius 2 is 1.88 bits per heavy atom. The first-order chi connectivity index (χ1) is 11.7. The predicted molar refractivity (Wildman–Crippen MR) is 88.0 cm³/mol. The van der Waals surface area contributed by atoms with Crippen molar-refractivity contribution in [2.24, 2.45) is 0 Å². The molecular formula is C16H15FN2O5S. The van der Waals surface area contributed by atoms with E-state index in [1.807, 2.05) is 0 Å². The summed E-state index contributed by atoms with van der Waals surface area (Å²) in [5, 5.41) is 11.8. The van der Waals surface area contributed by atoms with Crippen LogP contribution in [-0.2, 0) is 21.2 Å². The molecule has 7 nitrogen and oxygen atoms in total. The zero-order valence-electron chi connectivity index (χ0n) is 13.2. The molecule has 25 heavy (non-hydrogen) atoms. The molecule has 0 saturated heterocycles. The Balaban J connectivity index is 2.08. The Morgan fingerprint density at radius 1 is 1.24 bits per heavy atom. The highest BCUT2D eigenvalue weighted by atomic mass is 32.2. The number of nitro benzene ring substituents is 1. The minimum atomic E-state index is -3.97. The summed E-state index contributed by atoms with van der Waals surface area (Å²) in [4.78, 5) is 22.1. The van der Waals surface area contributed by atoms with Crippen molar-refractivity contribution in [1.29, 1.82) is 0 Å². The minimum Gasteiger partial charge on any atom is -0.351 e. The summed E-state index contributed by atoms with van der Waals surface area (Å²) in [7, 11) is -3.97. The van der Waals surface area contributed by atoms with Crippen LogP contribution in [0.1, 0.15) is 12.5 Å². The summed E-state index contributed by atoms with van der Waals surface area (Å²) in [6.45, 7) is 1.17. The highest BCUT2D eigenvalue weighted by molar-refractivity contribution is 7.92. The average molecular weight is 366 g/mol. The first kappa shape index (κ1) is 18.5. The number of rotatable bonds is 6. The van der Waals surface area contributed by atoms with Crippen LogP contribution >= 0.6 is 0 Å². The molecule has 2 aromatic carbocycles. The first-order valence-corrected chi connectivity index (χ1v) is 8.77. The Hall–Kier alpha value is -2.81. The Kier molecular flexibility index (Phi) is 5.48. The highest BCUT2D eigenvalue weighted by Crippen LogP contribution is 2.17. The number of benzene rings is 2. The number of nitro groups is 1. The standard InChI is InChI=1S/C16H15FN2O5S/c1-11(25(23,24)15-7-5-13(17)6-8-15)16(20)18-10-12-3-2-4-14(9-12)19(21)22/h2-9,11H,10H2,1H3,(H,18,20). The molecule has 9 heteroatoms. The fourth-order valence-electron chi connectivity index (χ4n) is 2.08. The summed E-state index contributed by atoms with van der Waals surface area (Å²) >= 11 is 0. The van der Waals surface area contributed by atoms with Crippen LogP contribution < -0.4 is 5.32 Å². The van der Waals surface area contributed by atoms with Crippen molar-refractivity contribution in [3.05, 3.63) is 70.0 Å². The zero-order valence-corrected chi connectivity index (χ0v) is 14.0. The monoisotopic (exact) mass is 366 g/mol. The van der Waals surface area contributed by atoms with Crippen LogP contribution in [0.15, 0.2) is 53.4 Å². The summed E-state index contributed by atoms with van der Waals surface area (Å²) in [6, 6.07) is 9.84. The molecule has 0 saturated carbocycles. The predicted octanol–water partition coefficient (Wildman–Crippen LogP) is 2.21. The Morgan fingerprint density at radius 3 is 2.48 bits per heavy atom. The Bertz CT molecular complexity index is 897. The number of sulfone groups is 1. The number of nitrogens with zero attached hydrogens (tertiary/aromatic N) is 1. The maximum atomic E-state index is 12.9. The molecule has 0 spiro atoms. The number of non-ortho nitro benzene ring substituents is 1. The number of carbonyl (C=O) groups is 1.